The molecule has 7 nitrogen and oxygen atoms in total. The van der Waals surface area contributed by atoms with Gasteiger partial charge in [-0.2, -0.15) is 13.2 Å². The number of carbonyl (C=O) groups is 1. The molecule has 160 valence electrons. The lowest BCUT2D eigenvalue weighted by molar-refractivity contribution is -0.138. The monoisotopic (exact) mass is 422 g/mol. The Balaban J connectivity index is 1.42. The van der Waals surface area contributed by atoms with Crippen LogP contribution in [0.3, 0.4) is 0 Å². The molecule has 2 fully saturated rings. The Morgan fingerprint density at radius 1 is 1.13 bits per heavy atom. The number of fused-ring (bicyclic) bond motifs is 1. The zero-order valence-electron chi connectivity index (χ0n) is 15.9. The summed E-state index contributed by atoms with van der Waals surface area (Å²) in [5, 5.41) is 22.4. The number of aromatic nitrogens is 2. The van der Waals surface area contributed by atoms with Gasteiger partial charge in [0, 0.05) is 25.5 Å². The second-order valence-electron chi connectivity index (χ2n) is 7.80. The van der Waals surface area contributed by atoms with Gasteiger partial charge in [-0.05, 0) is 42.2 Å². The van der Waals surface area contributed by atoms with Gasteiger partial charge in [0.2, 0.25) is 0 Å². The van der Waals surface area contributed by atoms with Gasteiger partial charge in [0.1, 0.15) is 0 Å². The molecule has 1 saturated heterocycles. The molecule has 0 amide bonds. The van der Waals surface area contributed by atoms with Crippen molar-refractivity contribution in [1.29, 1.82) is 0 Å². The van der Waals surface area contributed by atoms with Crippen molar-refractivity contribution in [3.8, 4) is 0 Å². The van der Waals surface area contributed by atoms with Gasteiger partial charge < -0.3 is 15.5 Å². The average Bonchev–Trinajstić information content (AvgIpc) is 3.27. The van der Waals surface area contributed by atoms with Crippen LogP contribution >= 0.6 is 0 Å². The molecule has 1 aliphatic heterocycles. The van der Waals surface area contributed by atoms with Crippen molar-refractivity contribution in [2.75, 3.05) is 18.4 Å². The van der Waals surface area contributed by atoms with Crippen molar-refractivity contribution >= 4 is 11.8 Å². The number of hydrogen-bond acceptors (Lipinski definition) is 6. The molecule has 2 aromatic rings. The third-order valence-corrected chi connectivity index (χ3v) is 6.00. The van der Waals surface area contributed by atoms with Gasteiger partial charge in [-0.1, -0.05) is 18.2 Å². The maximum absolute atomic E-state index is 13.4. The molecule has 3 unspecified atom stereocenters. The third-order valence-electron chi connectivity index (χ3n) is 6.00. The summed E-state index contributed by atoms with van der Waals surface area (Å²) in [5.74, 6) is -1.14. The molecule has 1 aromatic carbocycles. The largest absolute Gasteiger partial charge is 0.476 e. The van der Waals surface area contributed by atoms with Crippen LogP contribution in [0, 0.1) is 11.8 Å². The van der Waals surface area contributed by atoms with E-state index in [1.807, 2.05) is 0 Å². The number of aliphatic hydroxyl groups is 1. The number of halogens is 3. The highest BCUT2D eigenvalue weighted by molar-refractivity contribution is 5.90. The third kappa shape index (κ3) is 3.97. The summed E-state index contributed by atoms with van der Waals surface area (Å²) in [4.78, 5) is 20.6. The minimum Gasteiger partial charge on any atom is -0.476 e. The number of rotatable bonds is 5. The molecule has 0 spiro atoms. The van der Waals surface area contributed by atoms with Crippen molar-refractivity contribution < 1.29 is 28.2 Å². The number of nitrogens with one attached hydrogen (secondary N) is 1. The molecular weight excluding hydrogens is 401 g/mol. The number of nitrogens with zero attached hydrogens (tertiary/aromatic N) is 3. The highest BCUT2D eigenvalue weighted by Gasteiger charge is 2.45. The van der Waals surface area contributed by atoms with Gasteiger partial charge in [0.05, 0.1) is 5.56 Å². The number of hydrogen-bond donors (Lipinski definition) is 3. The van der Waals surface area contributed by atoms with E-state index >= 15 is 0 Å². The fourth-order valence-electron chi connectivity index (χ4n) is 4.71. The minimum atomic E-state index is -4.38. The number of aromatic carboxylic acids is 1. The fourth-order valence-corrected chi connectivity index (χ4v) is 4.71. The van der Waals surface area contributed by atoms with Gasteiger partial charge in [0.25, 0.3) is 0 Å². The first-order chi connectivity index (χ1) is 14.2. The second kappa shape index (κ2) is 7.84. The standard InChI is InChI=1S/C20H21F3N4O3/c21-20(22,23)15-4-2-1-3-14(15)11-7-12-9-27(10-13(12)8-11)19(30)26-17-16(18(28)29)24-5-6-25-17/h1-6,11-13,19,30H,7-10H2,(H,25,26)(H,28,29). The molecular formula is C20H21F3N4O3. The predicted molar refractivity (Wildman–Crippen MR) is 101 cm³/mol. The number of carboxylic acids is 1. The Kier molecular flexibility index (Phi) is 5.37. The highest BCUT2D eigenvalue weighted by atomic mass is 19.4. The van der Waals surface area contributed by atoms with Gasteiger partial charge in [-0.3, -0.25) is 4.90 Å². The van der Waals surface area contributed by atoms with E-state index in [4.69, 9.17) is 0 Å². The molecule has 1 aromatic heterocycles. The normalized spacial score (nSPS) is 25.1. The zero-order valence-corrected chi connectivity index (χ0v) is 15.9. The van der Waals surface area contributed by atoms with Gasteiger partial charge in [0.15, 0.2) is 17.9 Å². The Hall–Kier alpha value is -2.72. The quantitative estimate of drug-likeness (QED) is 0.637. The lowest BCUT2D eigenvalue weighted by Crippen LogP contribution is -2.40. The van der Waals surface area contributed by atoms with Crippen LogP contribution in [0.2, 0.25) is 0 Å². The molecule has 3 atom stereocenters. The molecule has 2 heterocycles. The van der Waals surface area contributed by atoms with E-state index in [2.05, 4.69) is 15.3 Å². The predicted octanol–water partition coefficient (Wildman–Crippen LogP) is 3.01. The average molecular weight is 422 g/mol. The van der Waals surface area contributed by atoms with Crippen LogP contribution in [0.25, 0.3) is 0 Å². The zero-order chi connectivity index (χ0) is 21.5. The molecule has 4 rings (SSSR count). The minimum absolute atomic E-state index is 0.0356. The maximum atomic E-state index is 13.4. The summed E-state index contributed by atoms with van der Waals surface area (Å²) in [6.07, 6.45) is -1.73. The first-order valence-corrected chi connectivity index (χ1v) is 9.63. The number of benzene rings is 1. The van der Waals surface area contributed by atoms with Crippen LogP contribution in [-0.4, -0.2) is 50.5 Å². The summed E-state index contributed by atoms with van der Waals surface area (Å²) in [5.41, 5.74) is -0.521. The van der Waals surface area contributed by atoms with Crippen molar-refractivity contribution in [2.45, 2.75) is 31.3 Å². The van der Waals surface area contributed by atoms with Crippen molar-refractivity contribution in [2.24, 2.45) is 11.8 Å². The van der Waals surface area contributed by atoms with E-state index in [1.54, 1.807) is 17.0 Å². The van der Waals surface area contributed by atoms with Gasteiger partial charge >= 0.3 is 12.1 Å². The molecule has 1 aliphatic carbocycles. The van der Waals surface area contributed by atoms with E-state index in [9.17, 15) is 28.2 Å². The van der Waals surface area contributed by atoms with E-state index < -0.39 is 24.1 Å². The fraction of sp³-hybridized carbons (Fsp3) is 0.450. The number of aliphatic hydroxyl groups excluding tert-OH is 1. The second-order valence-corrected chi connectivity index (χ2v) is 7.80. The van der Waals surface area contributed by atoms with Crippen molar-refractivity contribution in [3.05, 3.63) is 53.5 Å². The lowest BCUT2D eigenvalue weighted by atomic mass is 9.91. The molecule has 0 bridgehead atoms. The Morgan fingerprint density at radius 2 is 1.77 bits per heavy atom. The molecule has 3 N–H and O–H groups in total. The highest BCUT2D eigenvalue weighted by Crippen LogP contribution is 2.49. The summed E-state index contributed by atoms with van der Waals surface area (Å²) in [7, 11) is 0. The molecule has 30 heavy (non-hydrogen) atoms. The number of alkyl halides is 3. The first kappa shape index (κ1) is 20.5. The van der Waals surface area contributed by atoms with Crippen molar-refractivity contribution in [3.63, 3.8) is 0 Å². The molecule has 0 radical (unpaired) electrons. The topological polar surface area (TPSA) is 98.6 Å². The number of carboxylic acid groups (broad SMARTS) is 1. The van der Waals surface area contributed by atoms with Crippen molar-refractivity contribution in [1.82, 2.24) is 14.9 Å². The van der Waals surface area contributed by atoms with E-state index in [0.717, 1.165) is 6.07 Å². The van der Waals surface area contributed by atoms with Crippen LogP contribution < -0.4 is 5.32 Å². The van der Waals surface area contributed by atoms with E-state index in [1.165, 1.54) is 18.5 Å². The van der Waals surface area contributed by atoms with Crippen LogP contribution in [0.15, 0.2) is 36.7 Å². The molecule has 10 heteroatoms. The molecule has 2 aliphatic rings. The van der Waals surface area contributed by atoms with Crippen LogP contribution in [0.4, 0.5) is 19.0 Å². The lowest BCUT2D eigenvalue weighted by Gasteiger charge is -2.26. The summed E-state index contributed by atoms with van der Waals surface area (Å²) >= 11 is 0. The Labute approximate surface area is 170 Å². The first-order valence-electron chi connectivity index (χ1n) is 9.63. The van der Waals surface area contributed by atoms with Gasteiger partial charge in [-0.15, -0.1) is 0 Å². The Bertz CT molecular complexity index is 926. The maximum Gasteiger partial charge on any atom is 0.416 e. The van der Waals surface area contributed by atoms with E-state index in [-0.39, 0.29) is 29.3 Å². The number of anilines is 1. The number of likely N-dealkylation sites (tertiary alicyclic amines) is 1. The SMILES string of the molecule is O=C(O)c1nccnc1NC(O)N1CC2CC(c3ccccc3C(F)(F)F)CC2C1. The van der Waals surface area contributed by atoms with Crippen LogP contribution in [0.1, 0.15) is 40.4 Å². The Morgan fingerprint density at radius 3 is 2.40 bits per heavy atom. The summed E-state index contributed by atoms with van der Waals surface area (Å²) in [6, 6.07) is 5.73. The summed E-state index contributed by atoms with van der Waals surface area (Å²) in [6.45, 7) is 1.01. The smallest absolute Gasteiger partial charge is 0.416 e. The van der Waals surface area contributed by atoms with Crippen LogP contribution in [0.5, 0.6) is 0 Å². The molecule has 1 saturated carbocycles. The summed E-state index contributed by atoms with van der Waals surface area (Å²) < 4.78 is 40.1. The van der Waals surface area contributed by atoms with Crippen LogP contribution in [-0.2, 0) is 6.18 Å². The van der Waals surface area contributed by atoms with Gasteiger partial charge in [-0.25, -0.2) is 14.8 Å². The van der Waals surface area contributed by atoms with E-state index in [0.29, 0.717) is 31.5 Å².